The summed E-state index contributed by atoms with van der Waals surface area (Å²) in [6, 6.07) is 0. The van der Waals surface area contributed by atoms with Gasteiger partial charge in [0, 0.05) is 0 Å². The fourth-order valence-corrected chi connectivity index (χ4v) is 0.526. The van der Waals surface area contributed by atoms with E-state index in [4.69, 9.17) is 0 Å². The van der Waals surface area contributed by atoms with Crippen LogP contribution in [0.1, 0.15) is 12.8 Å². The van der Waals surface area contributed by atoms with Crippen molar-refractivity contribution in [1.82, 2.24) is 0 Å². The van der Waals surface area contributed by atoms with Crippen molar-refractivity contribution in [2.75, 3.05) is 0 Å². The Balaban J connectivity index is 2.00. The van der Waals surface area contributed by atoms with Crippen LogP contribution in [0.4, 0.5) is 0 Å². The molecule has 1 aliphatic rings. The van der Waals surface area contributed by atoms with Gasteiger partial charge in [-0.25, -0.2) is 0 Å². The lowest BCUT2D eigenvalue weighted by atomic mass is 10.0. The molecule has 0 unspecified atom stereocenters. The molecule has 0 bridgehead atoms. The van der Waals surface area contributed by atoms with Crippen molar-refractivity contribution in [3.8, 4) is 0 Å². The Labute approximate surface area is 34.0 Å². The maximum atomic E-state index is 2.26. The zero-order chi connectivity index (χ0) is 3.70. The number of hydrogen-bond acceptors (Lipinski definition) is 0. The van der Waals surface area contributed by atoms with Gasteiger partial charge in [-0.3, -0.25) is 0 Å². The van der Waals surface area contributed by atoms with Crippen LogP contribution in [0.3, 0.4) is 0 Å². The second kappa shape index (κ2) is 1.04. The Bertz CT molecular complexity index is 30.6. The minimum Gasteiger partial charge on any atom is -0.0783 e. The summed E-state index contributed by atoms with van der Waals surface area (Å²) in [5.41, 5.74) is 0. The van der Waals surface area contributed by atoms with Gasteiger partial charge >= 0.3 is 0 Å². The third-order valence-electron chi connectivity index (χ3n) is 1.27. The Morgan fingerprint density at radius 3 is 2.20 bits per heavy atom. The largest absolute Gasteiger partial charge is 0.101 e. The first-order chi connectivity index (χ1) is 2.43. The van der Waals surface area contributed by atoms with E-state index in [1.165, 1.54) is 19.2 Å². The smallest absolute Gasteiger partial charge is 0.0783 e. The molecule has 0 amide bonds. The summed E-state index contributed by atoms with van der Waals surface area (Å²) >= 11 is 0. The molecule has 0 aromatic carbocycles. The first-order valence-corrected chi connectivity index (χ1v) is 2.43. The summed E-state index contributed by atoms with van der Waals surface area (Å²) in [4.78, 5) is 0. The van der Waals surface area contributed by atoms with Gasteiger partial charge in [-0.2, -0.15) is 0 Å². The topological polar surface area (TPSA) is 0 Å². The summed E-state index contributed by atoms with van der Waals surface area (Å²) in [7, 11) is 2.26. The molecule has 0 atom stereocenters. The van der Waals surface area contributed by atoms with E-state index in [0.29, 0.717) is 0 Å². The zero-order valence-electron chi connectivity index (χ0n) is 3.70. The second-order valence-electron chi connectivity index (χ2n) is 1.85. The van der Waals surface area contributed by atoms with Gasteiger partial charge in [0.25, 0.3) is 0 Å². The van der Waals surface area contributed by atoms with Crippen LogP contribution in [0.5, 0.6) is 0 Å². The van der Waals surface area contributed by atoms with Gasteiger partial charge in [0.05, 0.1) is 0 Å². The van der Waals surface area contributed by atoms with Crippen LogP contribution in [0.15, 0.2) is 0 Å². The van der Waals surface area contributed by atoms with Crippen LogP contribution in [-0.2, 0) is 0 Å². The standard InChI is InChI=1S/C4H9B/c5-3-4-1-2-4/h4H,1-3,5H2. The highest BCUT2D eigenvalue weighted by Crippen LogP contribution is 2.31. The lowest BCUT2D eigenvalue weighted by Gasteiger charge is -1.72. The summed E-state index contributed by atoms with van der Waals surface area (Å²) in [6.45, 7) is 0. The average Bonchev–Trinajstić information content (AvgIpc) is 2.12. The van der Waals surface area contributed by atoms with Gasteiger partial charge in [0.2, 0.25) is 0 Å². The fraction of sp³-hybridized carbons (Fsp3) is 1.00. The molecule has 1 saturated carbocycles. The summed E-state index contributed by atoms with van der Waals surface area (Å²) in [5, 5.41) is 0. The average molecular weight is 67.9 g/mol. The molecule has 0 N–H and O–H groups in total. The number of rotatable bonds is 1. The fourth-order valence-electron chi connectivity index (χ4n) is 0.526. The van der Waals surface area contributed by atoms with E-state index < -0.39 is 0 Å². The van der Waals surface area contributed by atoms with Crippen molar-refractivity contribution in [2.24, 2.45) is 5.92 Å². The Kier molecular flexibility index (Phi) is 0.677. The van der Waals surface area contributed by atoms with Gasteiger partial charge in [-0.05, 0) is 5.92 Å². The molecule has 1 aliphatic carbocycles. The van der Waals surface area contributed by atoms with Crippen molar-refractivity contribution < 1.29 is 0 Å². The molecule has 0 aromatic heterocycles. The van der Waals surface area contributed by atoms with Crippen LogP contribution in [0.25, 0.3) is 0 Å². The third-order valence-corrected chi connectivity index (χ3v) is 1.27. The predicted molar refractivity (Wildman–Crippen MR) is 26.1 cm³/mol. The lowest BCUT2D eigenvalue weighted by molar-refractivity contribution is 0.978. The zero-order valence-corrected chi connectivity index (χ0v) is 3.70. The molecule has 0 aromatic rings. The van der Waals surface area contributed by atoms with Crippen molar-refractivity contribution in [3.05, 3.63) is 0 Å². The minimum absolute atomic E-state index is 1.13. The SMILES string of the molecule is BCC1CC1. The van der Waals surface area contributed by atoms with E-state index in [2.05, 4.69) is 7.85 Å². The molecule has 0 spiro atoms. The molecule has 0 heterocycles. The first kappa shape index (κ1) is 3.26. The highest BCUT2D eigenvalue weighted by atomic mass is 14.2. The monoisotopic (exact) mass is 68.1 g/mol. The van der Waals surface area contributed by atoms with Crippen molar-refractivity contribution in [1.29, 1.82) is 0 Å². The highest BCUT2D eigenvalue weighted by molar-refractivity contribution is 6.08. The molecule has 0 radical (unpaired) electrons. The van der Waals surface area contributed by atoms with Gasteiger partial charge in [-0.15, -0.1) is 0 Å². The number of hydrogen-bond donors (Lipinski definition) is 0. The first-order valence-electron chi connectivity index (χ1n) is 2.43. The molecule has 0 nitrogen and oxygen atoms in total. The van der Waals surface area contributed by atoms with Gasteiger partial charge in [-0.1, -0.05) is 19.2 Å². The summed E-state index contributed by atoms with van der Waals surface area (Å²) in [6.07, 6.45) is 4.44. The third kappa shape index (κ3) is 0.676. The molecule has 1 heteroatoms. The van der Waals surface area contributed by atoms with E-state index in [-0.39, 0.29) is 0 Å². The Morgan fingerprint density at radius 1 is 1.60 bits per heavy atom. The molecular weight excluding hydrogens is 58.9 g/mol. The Morgan fingerprint density at radius 2 is 2.20 bits per heavy atom. The molecule has 0 saturated heterocycles. The minimum atomic E-state index is 1.13. The molecule has 1 fully saturated rings. The quantitative estimate of drug-likeness (QED) is 0.391. The predicted octanol–water partition coefficient (Wildman–Crippen LogP) is 0.448. The van der Waals surface area contributed by atoms with Crippen molar-refractivity contribution >= 4 is 7.85 Å². The van der Waals surface area contributed by atoms with Crippen molar-refractivity contribution in [2.45, 2.75) is 19.2 Å². The highest BCUT2D eigenvalue weighted by Gasteiger charge is 2.17. The van der Waals surface area contributed by atoms with Crippen molar-refractivity contribution in [3.63, 3.8) is 0 Å². The van der Waals surface area contributed by atoms with E-state index in [1.54, 1.807) is 0 Å². The van der Waals surface area contributed by atoms with E-state index in [1.807, 2.05) is 0 Å². The maximum absolute atomic E-state index is 2.26. The molecule has 28 valence electrons. The van der Waals surface area contributed by atoms with Gasteiger partial charge in [0.15, 0.2) is 0 Å². The van der Waals surface area contributed by atoms with Gasteiger partial charge in [0.1, 0.15) is 7.85 Å². The molecule has 1 rings (SSSR count). The lowest BCUT2D eigenvalue weighted by Crippen LogP contribution is -1.65. The molecule has 0 aliphatic heterocycles. The van der Waals surface area contributed by atoms with Crippen LogP contribution in [0, 0.1) is 5.92 Å². The molecular formula is C4H9B. The Hall–Kier alpha value is 0.0649. The normalized spacial score (nSPS) is 23.2. The maximum Gasteiger partial charge on any atom is 0.101 e. The molecule has 5 heavy (non-hydrogen) atoms. The van der Waals surface area contributed by atoms with Crippen LogP contribution in [-0.4, -0.2) is 7.85 Å². The van der Waals surface area contributed by atoms with E-state index in [9.17, 15) is 0 Å². The summed E-state index contributed by atoms with van der Waals surface area (Å²) < 4.78 is 0. The second-order valence-corrected chi connectivity index (χ2v) is 1.85. The van der Waals surface area contributed by atoms with E-state index in [0.717, 1.165) is 5.92 Å². The summed E-state index contributed by atoms with van der Waals surface area (Å²) in [5.74, 6) is 1.13. The van der Waals surface area contributed by atoms with Crippen LogP contribution in [0.2, 0.25) is 6.32 Å². The van der Waals surface area contributed by atoms with Crippen LogP contribution >= 0.6 is 0 Å². The van der Waals surface area contributed by atoms with E-state index >= 15 is 0 Å². The van der Waals surface area contributed by atoms with Crippen LogP contribution < -0.4 is 0 Å². The van der Waals surface area contributed by atoms with Gasteiger partial charge < -0.3 is 0 Å².